The molecule has 0 radical (unpaired) electrons. The number of rotatable bonds is 7. The van der Waals surface area contributed by atoms with Crippen LogP contribution >= 0.6 is 0 Å². The Kier molecular flexibility index (Phi) is 5.99. The molecule has 0 aromatic heterocycles. The molecule has 4 nitrogen and oxygen atoms in total. The van der Waals surface area contributed by atoms with Crippen molar-refractivity contribution in [3.05, 3.63) is 12.2 Å². The van der Waals surface area contributed by atoms with E-state index >= 15 is 0 Å². The summed E-state index contributed by atoms with van der Waals surface area (Å²) in [5.41, 5.74) is -0.186. The molecule has 0 spiro atoms. The van der Waals surface area contributed by atoms with Crippen LogP contribution in [0.25, 0.3) is 0 Å². The van der Waals surface area contributed by atoms with Gasteiger partial charge in [0.15, 0.2) is 0 Å². The molecule has 0 aliphatic carbocycles. The van der Waals surface area contributed by atoms with E-state index in [9.17, 15) is 4.79 Å². The van der Waals surface area contributed by atoms with Gasteiger partial charge in [-0.25, -0.2) is 4.79 Å². The smallest absolute Gasteiger partial charge is 0.340 e. The van der Waals surface area contributed by atoms with Gasteiger partial charge in [0.25, 0.3) is 0 Å². The first kappa shape index (κ1) is 18.3. The quantitative estimate of drug-likeness (QED) is 0.409. The summed E-state index contributed by atoms with van der Waals surface area (Å²) in [5, 5.41) is -0.199. The van der Waals surface area contributed by atoms with Crippen molar-refractivity contribution in [3.8, 4) is 0 Å². The summed E-state index contributed by atoms with van der Waals surface area (Å²) in [6.45, 7) is 15.2. The molecule has 0 heterocycles. The fourth-order valence-electron chi connectivity index (χ4n) is 2.23. The first-order valence-corrected chi connectivity index (χ1v) is 8.71. The molecule has 0 bridgehead atoms. The Labute approximate surface area is 118 Å². The Morgan fingerprint density at radius 1 is 1.16 bits per heavy atom. The minimum absolute atomic E-state index is 0.199. The molecular weight excluding hydrogens is 260 g/mol. The highest BCUT2D eigenvalue weighted by molar-refractivity contribution is 6.69. The summed E-state index contributed by atoms with van der Waals surface area (Å²) in [6.07, 6.45) is 0.656. The zero-order valence-electron chi connectivity index (χ0n) is 13.5. The van der Waals surface area contributed by atoms with E-state index in [2.05, 4.69) is 20.4 Å². The van der Waals surface area contributed by atoms with Crippen molar-refractivity contribution in [1.29, 1.82) is 0 Å². The highest BCUT2D eigenvalue weighted by Crippen LogP contribution is 2.45. The maximum absolute atomic E-state index is 11.7. The van der Waals surface area contributed by atoms with E-state index in [-0.39, 0.29) is 11.0 Å². The molecule has 0 fully saturated rings. The van der Waals surface area contributed by atoms with Crippen LogP contribution in [0, 0.1) is 0 Å². The molecule has 0 amide bonds. The summed E-state index contributed by atoms with van der Waals surface area (Å²) >= 11 is 0. The van der Waals surface area contributed by atoms with Gasteiger partial charge in [0.05, 0.1) is 0 Å². The summed E-state index contributed by atoms with van der Waals surface area (Å²) in [4.78, 5) is 11.7. The third-order valence-corrected chi connectivity index (χ3v) is 7.79. The van der Waals surface area contributed by atoms with Crippen LogP contribution < -0.4 is 0 Å². The second-order valence-corrected chi connectivity index (χ2v) is 10.4. The van der Waals surface area contributed by atoms with E-state index in [0.29, 0.717) is 12.0 Å². The maximum atomic E-state index is 11.7. The molecule has 0 aliphatic rings. The van der Waals surface area contributed by atoms with E-state index in [1.165, 1.54) is 0 Å². The lowest BCUT2D eigenvalue weighted by atomic mass is 9.95. The molecule has 112 valence electrons. The Morgan fingerprint density at radius 3 is 1.89 bits per heavy atom. The monoisotopic (exact) mass is 288 g/mol. The van der Waals surface area contributed by atoms with E-state index in [4.69, 9.17) is 13.6 Å². The van der Waals surface area contributed by atoms with Crippen molar-refractivity contribution in [2.45, 2.75) is 58.2 Å². The average Bonchev–Trinajstić information content (AvgIpc) is 2.25. The van der Waals surface area contributed by atoms with E-state index in [0.717, 1.165) is 0 Å². The molecule has 0 saturated carbocycles. The van der Waals surface area contributed by atoms with Crippen molar-refractivity contribution >= 4 is 14.5 Å². The van der Waals surface area contributed by atoms with Gasteiger partial charge in [-0.1, -0.05) is 20.4 Å². The van der Waals surface area contributed by atoms with Crippen LogP contribution in [0.4, 0.5) is 0 Å². The van der Waals surface area contributed by atoms with Crippen LogP contribution in [0.3, 0.4) is 0 Å². The highest BCUT2D eigenvalue weighted by atomic mass is 28.4. The lowest BCUT2D eigenvalue weighted by Gasteiger charge is -2.42. The number of hydrogen-bond acceptors (Lipinski definition) is 4. The number of carbonyl (C=O) groups excluding carboxylic acids is 1. The van der Waals surface area contributed by atoms with Crippen molar-refractivity contribution in [2.24, 2.45) is 0 Å². The van der Waals surface area contributed by atoms with Crippen molar-refractivity contribution in [1.82, 2.24) is 0 Å². The number of esters is 1. The second-order valence-electron chi connectivity index (χ2n) is 6.34. The van der Waals surface area contributed by atoms with Crippen LogP contribution in [0.2, 0.25) is 11.6 Å². The van der Waals surface area contributed by atoms with Gasteiger partial charge in [-0.15, -0.1) is 0 Å². The highest BCUT2D eigenvalue weighted by Gasteiger charge is 2.49. The summed E-state index contributed by atoms with van der Waals surface area (Å²) in [7, 11) is 1.02. The third kappa shape index (κ3) is 4.74. The van der Waals surface area contributed by atoms with Crippen molar-refractivity contribution in [2.75, 3.05) is 14.2 Å². The maximum Gasteiger partial charge on any atom is 0.340 e. The van der Waals surface area contributed by atoms with Gasteiger partial charge in [0.1, 0.15) is 5.60 Å². The topological polar surface area (TPSA) is 44.8 Å². The molecule has 0 aromatic rings. The number of ether oxygens (including phenoxy) is 1. The van der Waals surface area contributed by atoms with Crippen LogP contribution in [0.15, 0.2) is 12.2 Å². The van der Waals surface area contributed by atoms with Crippen LogP contribution in [-0.2, 0) is 18.4 Å². The van der Waals surface area contributed by atoms with Gasteiger partial charge in [-0.05, 0) is 33.7 Å². The first-order chi connectivity index (χ1) is 8.41. The fourth-order valence-corrected chi connectivity index (χ4v) is 4.25. The SMILES string of the molecule is C=C(C)C(=O)OC(C)(C)CC(C)(C)[Si](C)(OC)OC. The molecule has 0 unspecified atom stereocenters. The van der Waals surface area contributed by atoms with E-state index < -0.39 is 14.2 Å². The van der Waals surface area contributed by atoms with E-state index in [1.807, 2.05) is 20.4 Å². The molecule has 5 heteroatoms. The Hall–Kier alpha value is -0.653. The summed E-state index contributed by atoms with van der Waals surface area (Å²) in [6, 6.07) is 0. The molecule has 19 heavy (non-hydrogen) atoms. The minimum Gasteiger partial charge on any atom is -0.456 e. The van der Waals surface area contributed by atoms with Gasteiger partial charge in [0.2, 0.25) is 0 Å². The molecule has 0 saturated heterocycles. The van der Waals surface area contributed by atoms with Crippen molar-refractivity contribution in [3.63, 3.8) is 0 Å². The molecule has 0 aliphatic heterocycles. The van der Waals surface area contributed by atoms with Gasteiger partial charge < -0.3 is 13.6 Å². The standard InChI is InChI=1S/C14H28O4Si/c1-11(2)12(15)18-13(3,4)10-14(5,6)19(9,16-7)17-8/h1,10H2,2-9H3. The Balaban J connectivity index is 4.99. The Bertz CT molecular complexity index is 343. The lowest BCUT2D eigenvalue weighted by molar-refractivity contribution is -0.152. The zero-order chi connectivity index (χ0) is 15.5. The molecule has 0 N–H and O–H groups in total. The number of hydrogen-bond donors (Lipinski definition) is 0. The van der Waals surface area contributed by atoms with Crippen LogP contribution in [0.5, 0.6) is 0 Å². The molecule has 0 aromatic carbocycles. The van der Waals surface area contributed by atoms with Crippen molar-refractivity contribution < 1.29 is 18.4 Å². The lowest BCUT2D eigenvalue weighted by Crippen LogP contribution is -2.50. The predicted molar refractivity (Wildman–Crippen MR) is 79.3 cm³/mol. The summed E-state index contributed by atoms with van der Waals surface area (Å²) < 4.78 is 16.7. The molecule has 0 rings (SSSR count). The molecule has 0 atom stereocenters. The van der Waals surface area contributed by atoms with E-state index in [1.54, 1.807) is 21.1 Å². The largest absolute Gasteiger partial charge is 0.456 e. The van der Waals surface area contributed by atoms with Gasteiger partial charge in [-0.3, -0.25) is 0 Å². The first-order valence-electron chi connectivity index (χ1n) is 6.40. The molecular formula is C14H28O4Si. The van der Waals surface area contributed by atoms with Gasteiger partial charge in [0, 0.05) is 24.8 Å². The minimum atomic E-state index is -2.33. The van der Waals surface area contributed by atoms with Crippen LogP contribution in [-0.4, -0.2) is 34.4 Å². The van der Waals surface area contributed by atoms with Crippen LogP contribution in [0.1, 0.15) is 41.0 Å². The Morgan fingerprint density at radius 2 is 1.58 bits per heavy atom. The van der Waals surface area contributed by atoms with Gasteiger partial charge in [-0.2, -0.15) is 0 Å². The third-order valence-electron chi connectivity index (χ3n) is 3.59. The summed E-state index contributed by atoms with van der Waals surface area (Å²) in [5.74, 6) is -0.362. The predicted octanol–water partition coefficient (Wildman–Crippen LogP) is 3.42. The zero-order valence-corrected chi connectivity index (χ0v) is 14.5. The normalized spacial score (nSPS) is 13.3. The number of carbonyl (C=O) groups is 1. The average molecular weight is 288 g/mol. The fraction of sp³-hybridized carbons (Fsp3) is 0.786. The second kappa shape index (κ2) is 6.20. The van der Waals surface area contributed by atoms with Gasteiger partial charge >= 0.3 is 14.5 Å².